The molecular weight excluding hydrogens is 399 g/mol. The van der Waals surface area contributed by atoms with Crippen LogP contribution in [-0.2, 0) is 0 Å². The van der Waals surface area contributed by atoms with Crippen molar-refractivity contribution in [2.45, 2.75) is 25.9 Å². The van der Waals surface area contributed by atoms with Crippen LogP contribution in [0, 0.1) is 18.7 Å². The highest BCUT2D eigenvalue weighted by atomic mass is 19.1. The van der Waals surface area contributed by atoms with Gasteiger partial charge in [0.05, 0.1) is 25.3 Å². The highest BCUT2D eigenvalue weighted by Crippen LogP contribution is 2.39. The van der Waals surface area contributed by atoms with Crippen LogP contribution < -0.4 is 14.2 Å². The SMILES string of the molecule is COc1cc2c(Oc3ccc4[nH]c(C)cc4c3F)ccnc2cc1OCC1CC(O)C1. The zero-order chi connectivity index (χ0) is 21.5. The van der Waals surface area contributed by atoms with E-state index in [0.717, 1.165) is 24.1 Å². The van der Waals surface area contributed by atoms with Crippen LogP contribution in [0.4, 0.5) is 4.39 Å². The molecule has 6 nitrogen and oxygen atoms in total. The van der Waals surface area contributed by atoms with E-state index in [1.54, 1.807) is 49.7 Å². The summed E-state index contributed by atoms with van der Waals surface area (Å²) in [5.74, 6) is 1.66. The molecule has 2 aromatic carbocycles. The standard InChI is InChI=1S/C24H23FN2O4/c1-13-7-17-18(27-13)3-4-21(24(17)25)31-20-5-6-26-19-11-23(22(29-2)10-16(19)20)30-12-14-8-15(28)9-14/h3-7,10-11,14-15,27-28H,8-9,12H2,1-2H3. The smallest absolute Gasteiger partial charge is 0.175 e. The zero-order valence-corrected chi connectivity index (χ0v) is 17.3. The van der Waals surface area contributed by atoms with Gasteiger partial charge in [0.1, 0.15) is 5.75 Å². The van der Waals surface area contributed by atoms with Gasteiger partial charge < -0.3 is 24.3 Å². The molecule has 0 bridgehead atoms. The summed E-state index contributed by atoms with van der Waals surface area (Å²) in [5.41, 5.74) is 2.26. The molecule has 2 aromatic heterocycles. The normalized spacial score (nSPS) is 18.2. The predicted octanol–water partition coefficient (Wildman–Crippen LogP) is 5.11. The summed E-state index contributed by atoms with van der Waals surface area (Å²) in [7, 11) is 1.57. The lowest BCUT2D eigenvalue weighted by Crippen LogP contribution is -2.32. The highest BCUT2D eigenvalue weighted by Gasteiger charge is 2.28. The first kappa shape index (κ1) is 19.6. The molecule has 1 saturated carbocycles. The third kappa shape index (κ3) is 3.65. The Kier molecular flexibility index (Phi) is 4.90. The van der Waals surface area contributed by atoms with Crippen LogP contribution in [0.2, 0.25) is 0 Å². The number of aliphatic hydroxyl groups excluding tert-OH is 1. The molecule has 7 heteroatoms. The van der Waals surface area contributed by atoms with E-state index in [2.05, 4.69) is 9.97 Å². The number of aromatic nitrogens is 2. The fourth-order valence-corrected chi connectivity index (χ4v) is 4.02. The minimum Gasteiger partial charge on any atom is -0.493 e. The quantitative estimate of drug-likeness (QED) is 0.451. The van der Waals surface area contributed by atoms with Gasteiger partial charge >= 0.3 is 0 Å². The van der Waals surface area contributed by atoms with Gasteiger partial charge in [0.2, 0.25) is 0 Å². The van der Waals surface area contributed by atoms with Gasteiger partial charge in [-0.3, -0.25) is 4.98 Å². The summed E-state index contributed by atoms with van der Waals surface area (Å²) >= 11 is 0. The van der Waals surface area contributed by atoms with Crippen molar-refractivity contribution in [3.05, 3.63) is 54.1 Å². The lowest BCUT2D eigenvalue weighted by Gasteiger charge is -2.31. The number of ether oxygens (including phenoxy) is 3. The summed E-state index contributed by atoms with van der Waals surface area (Å²) in [5, 5.41) is 10.6. The van der Waals surface area contributed by atoms with Crippen LogP contribution in [0.25, 0.3) is 21.8 Å². The molecule has 2 N–H and O–H groups in total. The Bertz CT molecular complexity index is 1260. The van der Waals surface area contributed by atoms with Crippen molar-refractivity contribution in [2.75, 3.05) is 13.7 Å². The summed E-state index contributed by atoms with van der Waals surface area (Å²) in [6.07, 6.45) is 2.90. The highest BCUT2D eigenvalue weighted by molar-refractivity contribution is 5.89. The molecule has 0 spiro atoms. The van der Waals surface area contributed by atoms with Crippen molar-refractivity contribution in [3.63, 3.8) is 0 Å². The monoisotopic (exact) mass is 422 g/mol. The number of hydrogen-bond donors (Lipinski definition) is 2. The maximum atomic E-state index is 15.0. The number of hydrogen-bond acceptors (Lipinski definition) is 5. The van der Waals surface area contributed by atoms with Gasteiger partial charge in [-0.25, -0.2) is 4.39 Å². The second-order valence-corrected chi connectivity index (χ2v) is 8.02. The molecule has 160 valence electrons. The van der Waals surface area contributed by atoms with Crippen molar-refractivity contribution in [2.24, 2.45) is 5.92 Å². The maximum absolute atomic E-state index is 15.0. The van der Waals surface area contributed by atoms with Gasteiger partial charge in [0.15, 0.2) is 23.1 Å². The molecule has 4 aromatic rings. The Morgan fingerprint density at radius 3 is 2.68 bits per heavy atom. The number of rotatable bonds is 6. The molecule has 0 amide bonds. The molecule has 5 rings (SSSR count). The first-order chi connectivity index (χ1) is 15.0. The molecular formula is C24H23FN2O4. The van der Waals surface area contributed by atoms with Crippen molar-refractivity contribution in [1.29, 1.82) is 0 Å². The van der Waals surface area contributed by atoms with E-state index in [4.69, 9.17) is 14.2 Å². The van der Waals surface area contributed by atoms with Gasteiger partial charge in [0, 0.05) is 34.2 Å². The number of benzene rings is 2. The summed E-state index contributed by atoms with van der Waals surface area (Å²) in [6.45, 7) is 2.39. The maximum Gasteiger partial charge on any atom is 0.175 e. The number of methoxy groups -OCH3 is 1. The predicted molar refractivity (Wildman–Crippen MR) is 116 cm³/mol. The van der Waals surface area contributed by atoms with Crippen molar-refractivity contribution < 1.29 is 23.7 Å². The largest absolute Gasteiger partial charge is 0.493 e. The molecule has 2 heterocycles. The minimum absolute atomic E-state index is 0.141. The molecule has 0 unspecified atom stereocenters. The molecule has 0 radical (unpaired) electrons. The first-order valence-corrected chi connectivity index (χ1v) is 10.2. The summed E-state index contributed by atoms with van der Waals surface area (Å²) in [6, 6.07) is 10.5. The van der Waals surface area contributed by atoms with Crippen molar-refractivity contribution >= 4 is 21.8 Å². The topological polar surface area (TPSA) is 76.6 Å². The number of aromatic amines is 1. The Morgan fingerprint density at radius 2 is 1.90 bits per heavy atom. The number of aryl methyl sites for hydroxylation is 1. The minimum atomic E-state index is -0.415. The third-order valence-electron chi connectivity index (χ3n) is 5.73. The van der Waals surface area contributed by atoms with E-state index >= 15 is 0 Å². The number of H-pyrrole nitrogens is 1. The molecule has 1 aliphatic carbocycles. The Hall–Kier alpha value is -3.32. The Balaban J connectivity index is 1.47. The van der Waals surface area contributed by atoms with Gasteiger partial charge in [-0.15, -0.1) is 0 Å². The number of nitrogens with zero attached hydrogens (tertiary/aromatic N) is 1. The van der Waals surface area contributed by atoms with Crippen LogP contribution >= 0.6 is 0 Å². The fraction of sp³-hybridized carbons (Fsp3) is 0.292. The lowest BCUT2D eigenvalue weighted by molar-refractivity contribution is 0.0199. The molecule has 1 aliphatic rings. The second kappa shape index (κ2) is 7.74. The van der Waals surface area contributed by atoms with Crippen LogP contribution in [0.15, 0.2) is 42.6 Å². The van der Waals surface area contributed by atoms with E-state index in [9.17, 15) is 9.50 Å². The van der Waals surface area contributed by atoms with E-state index in [1.165, 1.54) is 0 Å². The van der Waals surface area contributed by atoms with Crippen LogP contribution in [0.3, 0.4) is 0 Å². The van der Waals surface area contributed by atoms with E-state index in [0.29, 0.717) is 46.1 Å². The Labute approximate surface area is 178 Å². The van der Waals surface area contributed by atoms with Gasteiger partial charge in [-0.2, -0.15) is 0 Å². The lowest BCUT2D eigenvalue weighted by atomic mass is 9.83. The molecule has 1 fully saturated rings. The van der Waals surface area contributed by atoms with E-state index in [-0.39, 0.29) is 11.9 Å². The second-order valence-electron chi connectivity index (χ2n) is 8.02. The summed E-state index contributed by atoms with van der Waals surface area (Å²) < 4.78 is 32.4. The third-order valence-corrected chi connectivity index (χ3v) is 5.73. The van der Waals surface area contributed by atoms with Crippen LogP contribution in [-0.4, -0.2) is 34.9 Å². The van der Waals surface area contributed by atoms with Crippen molar-refractivity contribution in [3.8, 4) is 23.0 Å². The van der Waals surface area contributed by atoms with E-state index < -0.39 is 5.82 Å². The van der Waals surface area contributed by atoms with Crippen LogP contribution in [0.5, 0.6) is 23.0 Å². The average molecular weight is 422 g/mol. The average Bonchev–Trinajstić information content (AvgIpc) is 3.13. The first-order valence-electron chi connectivity index (χ1n) is 10.2. The molecule has 0 saturated heterocycles. The number of pyridine rings is 1. The number of aliphatic hydroxyl groups is 1. The van der Waals surface area contributed by atoms with Crippen LogP contribution in [0.1, 0.15) is 18.5 Å². The van der Waals surface area contributed by atoms with Gasteiger partial charge in [-0.1, -0.05) is 0 Å². The fourth-order valence-electron chi connectivity index (χ4n) is 4.02. The number of halogens is 1. The molecule has 0 atom stereocenters. The molecule has 0 aliphatic heterocycles. The summed E-state index contributed by atoms with van der Waals surface area (Å²) in [4.78, 5) is 7.54. The van der Waals surface area contributed by atoms with Gasteiger partial charge in [0.25, 0.3) is 0 Å². The van der Waals surface area contributed by atoms with Crippen molar-refractivity contribution in [1.82, 2.24) is 9.97 Å². The van der Waals surface area contributed by atoms with Gasteiger partial charge in [-0.05, 0) is 56.0 Å². The number of fused-ring (bicyclic) bond motifs is 2. The Morgan fingerprint density at radius 1 is 1.06 bits per heavy atom. The van der Waals surface area contributed by atoms with E-state index in [1.807, 2.05) is 6.92 Å². The molecule has 31 heavy (non-hydrogen) atoms. The number of nitrogens with one attached hydrogen (secondary N) is 1. The zero-order valence-electron chi connectivity index (χ0n) is 17.3.